The molecule has 0 N–H and O–H groups in total. The van der Waals surface area contributed by atoms with E-state index in [1.165, 1.54) is 23.9 Å². The molecule has 0 amide bonds. The van der Waals surface area contributed by atoms with Crippen molar-refractivity contribution in [2.24, 2.45) is 0 Å². The fourth-order valence-corrected chi connectivity index (χ4v) is 3.03. The highest BCUT2D eigenvalue weighted by Gasteiger charge is 2.15. The summed E-state index contributed by atoms with van der Waals surface area (Å²) in [6.07, 6.45) is 2.44. The van der Waals surface area contributed by atoms with E-state index in [-0.39, 0.29) is 11.4 Å². The summed E-state index contributed by atoms with van der Waals surface area (Å²) < 4.78 is 16.3. The Labute approximate surface area is 149 Å². The van der Waals surface area contributed by atoms with Gasteiger partial charge in [-0.3, -0.25) is 9.36 Å². The van der Waals surface area contributed by atoms with E-state index in [0.717, 1.165) is 12.1 Å². The minimum absolute atomic E-state index is 0.176. The van der Waals surface area contributed by atoms with Crippen molar-refractivity contribution in [2.45, 2.75) is 20.3 Å². The van der Waals surface area contributed by atoms with Gasteiger partial charge in [-0.15, -0.1) is 0 Å². The fourth-order valence-electron chi connectivity index (χ4n) is 3.03. The van der Waals surface area contributed by atoms with Gasteiger partial charge in [-0.1, -0.05) is 19.1 Å². The van der Waals surface area contributed by atoms with E-state index in [1.54, 1.807) is 28.3 Å². The molecule has 0 aliphatic carbocycles. The minimum Gasteiger partial charge on any atom is -0.268 e. The summed E-state index contributed by atoms with van der Waals surface area (Å²) in [5, 5.41) is 4.69. The van der Waals surface area contributed by atoms with E-state index in [9.17, 15) is 9.18 Å². The zero-order chi connectivity index (χ0) is 18.3. The normalized spacial score (nSPS) is 11.2. The first-order valence-electron chi connectivity index (χ1n) is 8.41. The number of halogens is 1. The molecule has 0 saturated carbocycles. The van der Waals surface area contributed by atoms with Gasteiger partial charge < -0.3 is 0 Å². The highest BCUT2D eigenvalue weighted by Crippen LogP contribution is 2.17. The number of rotatable bonds is 3. The van der Waals surface area contributed by atoms with Gasteiger partial charge in [-0.05, 0) is 55.3 Å². The first kappa shape index (κ1) is 16.2. The van der Waals surface area contributed by atoms with E-state index in [0.29, 0.717) is 22.5 Å². The molecule has 0 aliphatic heterocycles. The topological polar surface area (TPSA) is 52.7 Å². The molecule has 0 radical (unpaired) electrons. The molecule has 6 heteroatoms. The standard InChI is InChI=1S/C20H17FN4O/c1-3-14-4-8-16(9-5-14)24-13(2)23-19-18(20(24)26)12-22-25(19)17-10-6-15(21)7-11-17/h4-12H,3H2,1-2H3. The van der Waals surface area contributed by atoms with Crippen LogP contribution in [0.15, 0.2) is 59.5 Å². The first-order valence-corrected chi connectivity index (χ1v) is 8.41. The number of hydrogen-bond donors (Lipinski definition) is 0. The predicted octanol–water partition coefficient (Wildman–Crippen LogP) is 3.58. The zero-order valence-electron chi connectivity index (χ0n) is 14.5. The Hall–Kier alpha value is -3.28. The lowest BCUT2D eigenvalue weighted by molar-refractivity contribution is 0.627. The third-order valence-electron chi connectivity index (χ3n) is 4.44. The number of aromatic nitrogens is 4. The molecule has 0 spiro atoms. The van der Waals surface area contributed by atoms with Gasteiger partial charge in [0.15, 0.2) is 5.65 Å². The van der Waals surface area contributed by atoms with Crippen molar-refractivity contribution in [1.29, 1.82) is 0 Å². The summed E-state index contributed by atoms with van der Waals surface area (Å²) in [5.74, 6) is 0.239. The predicted molar refractivity (Wildman–Crippen MR) is 98.5 cm³/mol. The van der Waals surface area contributed by atoms with E-state index in [4.69, 9.17) is 0 Å². The molecule has 4 aromatic rings. The van der Waals surface area contributed by atoms with Crippen LogP contribution in [0.5, 0.6) is 0 Å². The van der Waals surface area contributed by atoms with Crippen molar-refractivity contribution in [1.82, 2.24) is 19.3 Å². The monoisotopic (exact) mass is 348 g/mol. The fraction of sp³-hybridized carbons (Fsp3) is 0.150. The SMILES string of the molecule is CCc1ccc(-n2c(C)nc3c(cnn3-c3ccc(F)cc3)c2=O)cc1. The maximum atomic E-state index is 13.2. The van der Waals surface area contributed by atoms with E-state index in [1.807, 2.05) is 24.3 Å². The van der Waals surface area contributed by atoms with Crippen LogP contribution in [0.3, 0.4) is 0 Å². The Bertz CT molecular complexity index is 1140. The van der Waals surface area contributed by atoms with E-state index in [2.05, 4.69) is 17.0 Å². The summed E-state index contributed by atoms with van der Waals surface area (Å²) in [7, 11) is 0. The van der Waals surface area contributed by atoms with Gasteiger partial charge in [-0.2, -0.15) is 5.10 Å². The average molecular weight is 348 g/mol. The van der Waals surface area contributed by atoms with Crippen LogP contribution in [0.4, 0.5) is 4.39 Å². The van der Waals surface area contributed by atoms with Gasteiger partial charge in [0.25, 0.3) is 5.56 Å². The summed E-state index contributed by atoms with van der Waals surface area (Å²) in [6, 6.07) is 13.8. The molecule has 0 fully saturated rings. The molecule has 2 aromatic carbocycles. The molecule has 4 rings (SSSR count). The lowest BCUT2D eigenvalue weighted by Crippen LogP contribution is -2.22. The van der Waals surface area contributed by atoms with Crippen molar-refractivity contribution in [3.8, 4) is 11.4 Å². The van der Waals surface area contributed by atoms with Crippen molar-refractivity contribution in [3.63, 3.8) is 0 Å². The highest BCUT2D eigenvalue weighted by atomic mass is 19.1. The molecule has 0 unspecified atom stereocenters. The Morgan fingerprint density at radius 3 is 2.31 bits per heavy atom. The molecule has 26 heavy (non-hydrogen) atoms. The number of benzene rings is 2. The lowest BCUT2D eigenvalue weighted by atomic mass is 10.1. The Balaban J connectivity index is 1.90. The zero-order valence-corrected chi connectivity index (χ0v) is 14.5. The Morgan fingerprint density at radius 2 is 1.65 bits per heavy atom. The summed E-state index contributed by atoms with van der Waals surface area (Å²) in [5.41, 5.74) is 2.91. The van der Waals surface area contributed by atoms with Crippen LogP contribution in [0.2, 0.25) is 0 Å². The molecule has 0 saturated heterocycles. The first-order chi connectivity index (χ1) is 12.6. The average Bonchev–Trinajstić information content (AvgIpc) is 3.07. The van der Waals surface area contributed by atoms with Crippen LogP contribution in [0.1, 0.15) is 18.3 Å². The maximum Gasteiger partial charge on any atom is 0.269 e. The van der Waals surface area contributed by atoms with Gasteiger partial charge in [0, 0.05) is 0 Å². The number of nitrogens with zero attached hydrogens (tertiary/aromatic N) is 4. The molecule has 0 aliphatic rings. The van der Waals surface area contributed by atoms with Crippen molar-refractivity contribution in [3.05, 3.63) is 82.3 Å². The van der Waals surface area contributed by atoms with Gasteiger partial charge in [0.05, 0.1) is 17.6 Å². The quantitative estimate of drug-likeness (QED) is 0.569. The second-order valence-corrected chi connectivity index (χ2v) is 6.09. The second-order valence-electron chi connectivity index (χ2n) is 6.09. The number of fused-ring (bicyclic) bond motifs is 1. The minimum atomic E-state index is -0.327. The molecule has 0 atom stereocenters. The van der Waals surface area contributed by atoms with Crippen molar-refractivity contribution in [2.75, 3.05) is 0 Å². The largest absolute Gasteiger partial charge is 0.269 e. The maximum absolute atomic E-state index is 13.2. The van der Waals surface area contributed by atoms with Gasteiger partial charge in [0.2, 0.25) is 0 Å². The van der Waals surface area contributed by atoms with E-state index >= 15 is 0 Å². The molecule has 130 valence electrons. The Morgan fingerprint density at radius 1 is 1.00 bits per heavy atom. The number of aryl methyl sites for hydroxylation is 2. The molecule has 2 aromatic heterocycles. The van der Waals surface area contributed by atoms with Crippen LogP contribution in [-0.2, 0) is 6.42 Å². The van der Waals surface area contributed by atoms with Gasteiger partial charge >= 0.3 is 0 Å². The molecule has 5 nitrogen and oxygen atoms in total. The lowest BCUT2D eigenvalue weighted by Gasteiger charge is -2.11. The summed E-state index contributed by atoms with van der Waals surface area (Å²) in [4.78, 5) is 17.6. The van der Waals surface area contributed by atoms with Crippen LogP contribution in [0.25, 0.3) is 22.4 Å². The van der Waals surface area contributed by atoms with Crippen LogP contribution >= 0.6 is 0 Å². The second kappa shape index (κ2) is 6.22. The van der Waals surface area contributed by atoms with Crippen LogP contribution in [0, 0.1) is 12.7 Å². The Kier molecular flexibility index (Phi) is 3.88. The molecule has 0 bridgehead atoms. The van der Waals surface area contributed by atoms with Crippen molar-refractivity contribution < 1.29 is 4.39 Å². The molecular formula is C20H17FN4O. The third kappa shape index (κ3) is 2.60. The van der Waals surface area contributed by atoms with Gasteiger partial charge in [-0.25, -0.2) is 14.1 Å². The highest BCUT2D eigenvalue weighted by molar-refractivity contribution is 5.75. The van der Waals surface area contributed by atoms with Gasteiger partial charge in [0.1, 0.15) is 17.0 Å². The smallest absolute Gasteiger partial charge is 0.268 e. The van der Waals surface area contributed by atoms with Crippen LogP contribution in [-0.4, -0.2) is 19.3 Å². The van der Waals surface area contributed by atoms with E-state index < -0.39 is 0 Å². The van der Waals surface area contributed by atoms with Crippen LogP contribution < -0.4 is 5.56 Å². The van der Waals surface area contributed by atoms with Crippen molar-refractivity contribution >= 4 is 11.0 Å². The molecular weight excluding hydrogens is 331 g/mol. The molecule has 2 heterocycles. The summed E-state index contributed by atoms with van der Waals surface area (Å²) >= 11 is 0. The third-order valence-corrected chi connectivity index (χ3v) is 4.44. The summed E-state index contributed by atoms with van der Waals surface area (Å²) in [6.45, 7) is 3.88. The number of hydrogen-bond acceptors (Lipinski definition) is 3.